The Balaban J connectivity index is 0.00000289. The molecule has 35 heavy (non-hydrogen) atoms. The SMILES string of the molecule is CN(C)c1ccc(N=[N+]=c2ccc3nc4ccc(N(C)C)cc4n(-c4ccccc4)c-3c2)cc1.[Cl-]. The van der Waals surface area contributed by atoms with Crippen molar-refractivity contribution in [3.63, 3.8) is 0 Å². The Hall–Kier alpha value is -4.12. The van der Waals surface area contributed by atoms with Crippen LogP contribution in [0.1, 0.15) is 0 Å². The van der Waals surface area contributed by atoms with E-state index in [0.717, 1.165) is 50.5 Å². The highest BCUT2D eigenvalue weighted by atomic mass is 35.5. The number of nitrogens with zero attached hydrogens (tertiary/aromatic N) is 6. The van der Waals surface area contributed by atoms with Crippen molar-refractivity contribution >= 4 is 28.1 Å². The highest BCUT2D eigenvalue weighted by Gasteiger charge is 2.16. The zero-order valence-electron chi connectivity index (χ0n) is 20.2. The molecule has 6 nitrogen and oxygen atoms in total. The molecule has 1 aliphatic carbocycles. The predicted octanol–water partition coefficient (Wildman–Crippen LogP) is 2.16. The van der Waals surface area contributed by atoms with Gasteiger partial charge in [-0.2, -0.15) is 0 Å². The first-order chi connectivity index (χ1) is 16.5. The van der Waals surface area contributed by atoms with Crippen molar-refractivity contribution in [3.8, 4) is 17.1 Å². The second-order valence-electron chi connectivity index (χ2n) is 8.63. The summed E-state index contributed by atoms with van der Waals surface area (Å²) in [5, 5.41) is 5.23. The molecule has 0 saturated carbocycles. The second-order valence-corrected chi connectivity index (χ2v) is 8.63. The Morgan fingerprint density at radius 2 is 1.43 bits per heavy atom. The molecule has 3 aromatic carbocycles. The Labute approximate surface area is 211 Å². The number of halogens is 1. The Morgan fingerprint density at radius 1 is 0.743 bits per heavy atom. The van der Waals surface area contributed by atoms with Crippen LogP contribution in [-0.4, -0.2) is 42.5 Å². The number of benzene rings is 4. The van der Waals surface area contributed by atoms with E-state index in [1.165, 1.54) is 0 Å². The zero-order chi connectivity index (χ0) is 23.7. The summed E-state index contributed by atoms with van der Waals surface area (Å²) in [5.41, 5.74) is 8.00. The number of fused-ring (bicyclic) bond motifs is 2. The molecule has 0 saturated heterocycles. The van der Waals surface area contributed by atoms with E-state index < -0.39 is 0 Å². The zero-order valence-corrected chi connectivity index (χ0v) is 21.0. The lowest BCUT2D eigenvalue weighted by atomic mass is 10.1. The van der Waals surface area contributed by atoms with Crippen molar-refractivity contribution in [2.24, 2.45) is 5.11 Å². The van der Waals surface area contributed by atoms with Crippen molar-refractivity contribution in [2.75, 3.05) is 38.0 Å². The maximum atomic E-state index is 4.93. The summed E-state index contributed by atoms with van der Waals surface area (Å²) in [4.78, 5) is 13.6. The summed E-state index contributed by atoms with van der Waals surface area (Å²) in [7, 11) is 8.14. The van der Waals surface area contributed by atoms with E-state index in [-0.39, 0.29) is 12.4 Å². The smallest absolute Gasteiger partial charge is 0.367 e. The molecule has 0 amide bonds. The third-order valence-electron chi connectivity index (χ3n) is 5.82. The van der Waals surface area contributed by atoms with Crippen LogP contribution in [0.15, 0.2) is 96.1 Å². The van der Waals surface area contributed by atoms with Crippen molar-refractivity contribution in [1.82, 2.24) is 9.55 Å². The van der Waals surface area contributed by atoms with Gasteiger partial charge in [0.2, 0.25) is 0 Å². The average molecular weight is 483 g/mol. The van der Waals surface area contributed by atoms with Gasteiger partial charge in [-0.15, -0.1) is 0 Å². The minimum absolute atomic E-state index is 0. The van der Waals surface area contributed by atoms with Gasteiger partial charge in [-0.05, 0) is 60.7 Å². The number of para-hydroxylation sites is 1. The molecule has 0 atom stereocenters. The van der Waals surface area contributed by atoms with E-state index in [0.29, 0.717) is 0 Å². The van der Waals surface area contributed by atoms with Crippen LogP contribution in [0.25, 0.3) is 28.1 Å². The largest absolute Gasteiger partial charge is 1.00 e. The number of hydrogen-bond donors (Lipinski definition) is 0. The van der Waals surface area contributed by atoms with E-state index in [4.69, 9.17) is 4.98 Å². The molecule has 7 heteroatoms. The lowest BCUT2D eigenvalue weighted by molar-refractivity contribution is -0.132. The summed E-state index contributed by atoms with van der Waals surface area (Å²) >= 11 is 0. The van der Waals surface area contributed by atoms with Gasteiger partial charge in [0.15, 0.2) is 0 Å². The number of anilines is 2. The van der Waals surface area contributed by atoms with Gasteiger partial charge in [0, 0.05) is 51.3 Å². The van der Waals surface area contributed by atoms with Gasteiger partial charge in [0.25, 0.3) is 0 Å². The third-order valence-corrected chi connectivity index (χ3v) is 5.82. The van der Waals surface area contributed by atoms with Crippen LogP contribution >= 0.6 is 0 Å². The van der Waals surface area contributed by atoms with Gasteiger partial charge in [-0.1, -0.05) is 18.2 Å². The Bertz CT molecular complexity index is 1530. The van der Waals surface area contributed by atoms with Crippen molar-refractivity contribution in [1.29, 1.82) is 0 Å². The highest BCUT2D eigenvalue weighted by molar-refractivity contribution is 5.85. The fraction of sp³-hybridized carbons (Fsp3) is 0.143. The molecule has 5 rings (SSSR count). The fourth-order valence-corrected chi connectivity index (χ4v) is 3.96. The Kier molecular flexibility index (Phi) is 6.87. The van der Waals surface area contributed by atoms with E-state index in [1.54, 1.807) is 0 Å². The minimum Gasteiger partial charge on any atom is -1.00 e. The molecule has 0 spiro atoms. The molecule has 176 valence electrons. The van der Waals surface area contributed by atoms with Gasteiger partial charge in [-0.3, -0.25) is 0 Å². The molecule has 1 heterocycles. The third kappa shape index (κ3) is 4.90. The molecular weight excluding hydrogens is 456 g/mol. The molecule has 2 aliphatic rings. The van der Waals surface area contributed by atoms with Gasteiger partial charge < -0.3 is 26.8 Å². The summed E-state index contributed by atoms with van der Waals surface area (Å²) < 4.78 is 2.25. The minimum atomic E-state index is 0. The maximum absolute atomic E-state index is 4.93. The van der Waals surface area contributed by atoms with Crippen LogP contribution in [0, 0.1) is 0 Å². The molecule has 0 bridgehead atoms. The number of hydrogen-bond acceptors (Lipinski definition) is 4. The first-order valence-electron chi connectivity index (χ1n) is 11.2. The molecule has 1 aliphatic heterocycles. The monoisotopic (exact) mass is 482 g/mol. The molecule has 0 fully saturated rings. The lowest BCUT2D eigenvalue weighted by Crippen LogP contribution is -3.00. The van der Waals surface area contributed by atoms with Gasteiger partial charge >= 0.3 is 5.36 Å². The van der Waals surface area contributed by atoms with Crippen LogP contribution in [0.2, 0.25) is 0 Å². The predicted molar refractivity (Wildman–Crippen MR) is 138 cm³/mol. The van der Waals surface area contributed by atoms with Crippen LogP contribution in [0.5, 0.6) is 0 Å². The van der Waals surface area contributed by atoms with Crippen LogP contribution in [0.4, 0.5) is 17.1 Å². The Morgan fingerprint density at radius 3 is 2.11 bits per heavy atom. The summed E-state index contributed by atoms with van der Waals surface area (Å²) in [6.07, 6.45) is 0. The molecule has 0 radical (unpaired) electrons. The quantitative estimate of drug-likeness (QED) is 0.224. The number of aromatic nitrogens is 2. The first-order valence-corrected chi connectivity index (χ1v) is 11.2. The van der Waals surface area contributed by atoms with Crippen molar-refractivity contribution in [2.45, 2.75) is 0 Å². The van der Waals surface area contributed by atoms with E-state index in [9.17, 15) is 0 Å². The van der Waals surface area contributed by atoms with Crippen LogP contribution < -0.4 is 27.6 Å². The van der Waals surface area contributed by atoms with E-state index in [1.807, 2.05) is 70.7 Å². The van der Waals surface area contributed by atoms with Gasteiger partial charge in [0.05, 0.1) is 33.3 Å². The molecule has 0 unspecified atom stereocenters. The standard InChI is InChI=1S/C28H27N6.ClH/c1-32(2)22-13-10-20(11-14-22)30-31-21-12-16-25-27(18-21)34(23-8-6-5-7-9-23)28-19-24(33(3)4)15-17-26(28)29-25;/h5-19H,1-4H3;1H/q+1;/p-1. The summed E-state index contributed by atoms with van der Waals surface area (Å²) in [5.74, 6) is 0. The molecule has 3 aromatic rings. The van der Waals surface area contributed by atoms with E-state index >= 15 is 0 Å². The van der Waals surface area contributed by atoms with Crippen LogP contribution in [-0.2, 0) is 0 Å². The first kappa shape index (κ1) is 24.0. The molecule has 0 N–H and O–H groups in total. The number of rotatable bonds is 4. The second kappa shape index (κ2) is 10.0. The normalized spacial score (nSPS) is 10.5. The summed E-state index contributed by atoms with van der Waals surface area (Å²) in [6.45, 7) is 0. The molecular formula is C28H27ClN6. The van der Waals surface area contributed by atoms with Crippen LogP contribution in [0.3, 0.4) is 0 Å². The lowest BCUT2D eigenvalue weighted by Gasteiger charge is -2.20. The average Bonchev–Trinajstić information content (AvgIpc) is 2.86. The highest BCUT2D eigenvalue weighted by Crippen LogP contribution is 2.30. The topological polar surface area (TPSA) is 50.8 Å². The van der Waals surface area contributed by atoms with Crippen molar-refractivity contribution < 1.29 is 17.2 Å². The fourth-order valence-electron chi connectivity index (χ4n) is 3.96. The molecule has 0 aromatic heterocycles. The maximum Gasteiger partial charge on any atom is 0.367 e. The van der Waals surface area contributed by atoms with Gasteiger partial charge in [-0.25, -0.2) is 4.98 Å². The summed E-state index contributed by atoms with van der Waals surface area (Å²) in [6, 6.07) is 30.8. The van der Waals surface area contributed by atoms with E-state index in [2.05, 4.69) is 72.8 Å². The van der Waals surface area contributed by atoms with Gasteiger partial charge in [0.1, 0.15) is 10.8 Å². The van der Waals surface area contributed by atoms with Crippen molar-refractivity contribution in [3.05, 3.63) is 96.4 Å².